The van der Waals surface area contributed by atoms with Gasteiger partial charge in [0.1, 0.15) is 19.0 Å². The first kappa shape index (κ1) is 21.4. The Morgan fingerprint density at radius 3 is 2.52 bits per heavy atom. The lowest BCUT2D eigenvalue weighted by atomic mass is 10.2. The molecular weight excluding hydrogens is 424 g/mol. The SMILES string of the molecule is O=C(NCCOc1ccc(S(=O)(=O)N2CCOCC2)cc1)[C@@H]1COc2ccccc2O1. The van der Waals surface area contributed by atoms with Crippen LogP contribution < -0.4 is 19.5 Å². The topological polar surface area (TPSA) is 103 Å². The number of nitrogens with zero attached hydrogens (tertiary/aromatic N) is 1. The number of para-hydroxylation sites is 2. The first-order chi connectivity index (χ1) is 15.0. The highest BCUT2D eigenvalue weighted by Crippen LogP contribution is 2.30. The average molecular weight is 448 g/mol. The predicted molar refractivity (Wildman–Crippen MR) is 111 cm³/mol. The van der Waals surface area contributed by atoms with Crippen molar-refractivity contribution in [1.82, 2.24) is 9.62 Å². The molecule has 1 N–H and O–H groups in total. The van der Waals surface area contributed by atoms with Crippen LogP contribution in [0.3, 0.4) is 0 Å². The van der Waals surface area contributed by atoms with E-state index in [1.165, 1.54) is 16.4 Å². The maximum Gasteiger partial charge on any atom is 0.264 e. The van der Waals surface area contributed by atoms with Crippen LogP contribution in [0.2, 0.25) is 0 Å². The summed E-state index contributed by atoms with van der Waals surface area (Å²) in [7, 11) is -3.53. The molecule has 0 spiro atoms. The highest BCUT2D eigenvalue weighted by molar-refractivity contribution is 7.89. The number of sulfonamides is 1. The number of ether oxygens (including phenoxy) is 4. The molecule has 9 nitrogen and oxygen atoms in total. The number of hydrogen-bond donors (Lipinski definition) is 1. The second-order valence-corrected chi connectivity index (χ2v) is 8.93. The lowest BCUT2D eigenvalue weighted by Gasteiger charge is -2.26. The van der Waals surface area contributed by atoms with Gasteiger partial charge in [0.2, 0.25) is 16.1 Å². The second-order valence-electron chi connectivity index (χ2n) is 6.99. The molecule has 1 saturated heterocycles. The van der Waals surface area contributed by atoms with Gasteiger partial charge >= 0.3 is 0 Å². The molecule has 2 aliphatic rings. The first-order valence-corrected chi connectivity index (χ1v) is 11.4. The van der Waals surface area contributed by atoms with Crippen LogP contribution in [0.25, 0.3) is 0 Å². The van der Waals surface area contributed by atoms with Crippen LogP contribution in [0.1, 0.15) is 0 Å². The quantitative estimate of drug-likeness (QED) is 0.632. The Morgan fingerprint density at radius 2 is 1.77 bits per heavy atom. The van der Waals surface area contributed by atoms with E-state index in [0.29, 0.717) is 43.6 Å². The number of benzene rings is 2. The van der Waals surface area contributed by atoms with Crippen LogP contribution in [-0.4, -0.2) is 70.8 Å². The van der Waals surface area contributed by atoms with Gasteiger partial charge < -0.3 is 24.3 Å². The molecule has 0 bridgehead atoms. The lowest BCUT2D eigenvalue weighted by molar-refractivity contribution is -0.130. The molecule has 1 atom stereocenters. The molecule has 0 radical (unpaired) electrons. The number of nitrogens with one attached hydrogen (secondary N) is 1. The summed E-state index contributed by atoms with van der Waals surface area (Å²) < 4.78 is 48.7. The number of fused-ring (bicyclic) bond motifs is 1. The Morgan fingerprint density at radius 1 is 1.06 bits per heavy atom. The maximum atomic E-state index is 12.6. The Hall–Kier alpha value is -2.82. The van der Waals surface area contributed by atoms with Crippen LogP contribution in [-0.2, 0) is 19.6 Å². The van der Waals surface area contributed by atoms with Crippen molar-refractivity contribution in [2.24, 2.45) is 0 Å². The molecule has 2 heterocycles. The van der Waals surface area contributed by atoms with Crippen molar-refractivity contribution in [3.05, 3.63) is 48.5 Å². The van der Waals surface area contributed by atoms with E-state index >= 15 is 0 Å². The zero-order valence-corrected chi connectivity index (χ0v) is 17.7. The predicted octanol–water partition coefficient (Wildman–Crippen LogP) is 1.04. The van der Waals surface area contributed by atoms with Crippen LogP contribution >= 0.6 is 0 Å². The number of carbonyl (C=O) groups excluding carboxylic acids is 1. The van der Waals surface area contributed by atoms with Crippen molar-refractivity contribution in [1.29, 1.82) is 0 Å². The fourth-order valence-corrected chi connectivity index (χ4v) is 4.66. The minimum atomic E-state index is -3.53. The molecular formula is C21H24N2O7S. The minimum Gasteiger partial charge on any atom is -0.492 e. The van der Waals surface area contributed by atoms with Crippen LogP contribution in [0.15, 0.2) is 53.4 Å². The second kappa shape index (κ2) is 9.54. The Labute approximate surface area is 180 Å². The highest BCUT2D eigenvalue weighted by atomic mass is 32.2. The fraction of sp³-hybridized carbons (Fsp3) is 0.381. The molecule has 0 aromatic heterocycles. The monoisotopic (exact) mass is 448 g/mol. The van der Waals surface area contributed by atoms with Crippen molar-refractivity contribution >= 4 is 15.9 Å². The third kappa shape index (κ3) is 5.09. The van der Waals surface area contributed by atoms with Gasteiger partial charge in [-0.15, -0.1) is 0 Å². The number of morpholine rings is 1. The van der Waals surface area contributed by atoms with E-state index in [9.17, 15) is 13.2 Å². The summed E-state index contributed by atoms with van der Waals surface area (Å²) in [6, 6.07) is 13.4. The zero-order valence-electron chi connectivity index (χ0n) is 16.9. The Balaban J connectivity index is 1.23. The standard InChI is InChI=1S/C21H24N2O7S/c24-21(20-15-29-18-3-1-2-4-19(18)30-20)22-9-12-28-16-5-7-17(8-6-16)31(25,26)23-10-13-27-14-11-23/h1-8,20H,9-15H2,(H,22,24)/t20-/m0/s1. The summed E-state index contributed by atoms with van der Waals surface area (Å²) in [5, 5.41) is 2.75. The number of rotatable bonds is 7. The fourth-order valence-electron chi connectivity index (χ4n) is 3.25. The largest absolute Gasteiger partial charge is 0.492 e. The van der Waals surface area contributed by atoms with Crippen molar-refractivity contribution in [3.63, 3.8) is 0 Å². The molecule has 0 saturated carbocycles. The lowest BCUT2D eigenvalue weighted by Crippen LogP contribution is -2.45. The maximum absolute atomic E-state index is 12.6. The van der Waals surface area contributed by atoms with E-state index in [-0.39, 0.29) is 30.6 Å². The molecule has 10 heteroatoms. The molecule has 4 rings (SSSR count). The van der Waals surface area contributed by atoms with Gasteiger partial charge in [-0.25, -0.2) is 8.42 Å². The molecule has 31 heavy (non-hydrogen) atoms. The van der Waals surface area contributed by atoms with E-state index in [1.807, 2.05) is 12.1 Å². The van der Waals surface area contributed by atoms with Gasteiger partial charge in [-0.05, 0) is 36.4 Å². The van der Waals surface area contributed by atoms with E-state index in [0.717, 1.165) is 0 Å². The molecule has 0 aliphatic carbocycles. The van der Waals surface area contributed by atoms with Gasteiger partial charge in [0, 0.05) is 13.1 Å². The normalized spacial score (nSPS) is 18.9. The van der Waals surface area contributed by atoms with Gasteiger partial charge in [0.25, 0.3) is 5.91 Å². The smallest absolute Gasteiger partial charge is 0.264 e. The van der Waals surface area contributed by atoms with Gasteiger partial charge in [-0.1, -0.05) is 12.1 Å². The molecule has 1 amide bonds. The molecule has 2 aromatic carbocycles. The van der Waals surface area contributed by atoms with Crippen molar-refractivity contribution in [3.8, 4) is 17.2 Å². The van der Waals surface area contributed by atoms with Crippen molar-refractivity contribution in [2.45, 2.75) is 11.0 Å². The van der Waals surface area contributed by atoms with Crippen molar-refractivity contribution < 1.29 is 32.2 Å². The molecule has 1 fully saturated rings. The average Bonchev–Trinajstić information content (AvgIpc) is 2.82. The van der Waals surface area contributed by atoms with Gasteiger partial charge in [-0.2, -0.15) is 4.31 Å². The number of hydrogen-bond acceptors (Lipinski definition) is 7. The highest BCUT2D eigenvalue weighted by Gasteiger charge is 2.27. The minimum absolute atomic E-state index is 0.142. The van der Waals surface area contributed by atoms with Crippen LogP contribution in [0, 0.1) is 0 Å². The third-order valence-corrected chi connectivity index (χ3v) is 6.82. The van der Waals surface area contributed by atoms with Gasteiger partial charge in [0.05, 0.1) is 24.7 Å². The summed E-state index contributed by atoms with van der Waals surface area (Å²) in [5.41, 5.74) is 0. The van der Waals surface area contributed by atoms with E-state index in [1.54, 1.807) is 24.3 Å². The summed E-state index contributed by atoms with van der Waals surface area (Å²) in [5.74, 6) is 1.39. The third-order valence-electron chi connectivity index (χ3n) is 4.90. The number of amides is 1. The first-order valence-electron chi connectivity index (χ1n) is 10.0. The summed E-state index contributed by atoms with van der Waals surface area (Å²) in [4.78, 5) is 12.5. The van der Waals surface area contributed by atoms with E-state index in [2.05, 4.69) is 5.32 Å². The summed E-state index contributed by atoms with van der Waals surface area (Å²) in [6.45, 7) is 2.14. The van der Waals surface area contributed by atoms with Crippen LogP contribution in [0.4, 0.5) is 0 Å². The van der Waals surface area contributed by atoms with Crippen molar-refractivity contribution in [2.75, 3.05) is 46.1 Å². The number of carbonyl (C=O) groups is 1. The van der Waals surface area contributed by atoms with E-state index in [4.69, 9.17) is 18.9 Å². The van der Waals surface area contributed by atoms with Gasteiger partial charge in [0.15, 0.2) is 11.5 Å². The Bertz CT molecular complexity index is 1000. The van der Waals surface area contributed by atoms with Crippen LogP contribution in [0.5, 0.6) is 17.2 Å². The molecule has 2 aromatic rings. The molecule has 166 valence electrons. The van der Waals surface area contributed by atoms with Gasteiger partial charge in [-0.3, -0.25) is 4.79 Å². The van der Waals surface area contributed by atoms with E-state index < -0.39 is 16.1 Å². The summed E-state index contributed by atoms with van der Waals surface area (Å²) >= 11 is 0. The summed E-state index contributed by atoms with van der Waals surface area (Å²) in [6.07, 6.45) is -0.723. The Kier molecular flexibility index (Phi) is 6.59. The molecule has 2 aliphatic heterocycles. The molecule has 0 unspecified atom stereocenters. The zero-order chi connectivity index (χ0) is 21.7.